The van der Waals surface area contributed by atoms with E-state index in [1.54, 1.807) is 0 Å². The summed E-state index contributed by atoms with van der Waals surface area (Å²) in [4.78, 5) is 0. The largest absolute Gasteiger partial charge is 0.486 e. The minimum atomic E-state index is 0.120. The van der Waals surface area contributed by atoms with Crippen molar-refractivity contribution in [1.82, 2.24) is 5.32 Å². The molecule has 0 fully saturated rings. The maximum atomic E-state index is 9.44. The molecule has 1 aliphatic heterocycles. The van der Waals surface area contributed by atoms with Crippen LogP contribution >= 0.6 is 0 Å². The van der Waals surface area contributed by atoms with Gasteiger partial charge in [0, 0.05) is 18.7 Å². The molecule has 0 saturated carbocycles. The van der Waals surface area contributed by atoms with E-state index in [0.29, 0.717) is 19.6 Å². The van der Waals surface area contributed by atoms with Crippen LogP contribution in [-0.4, -0.2) is 24.9 Å². The van der Waals surface area contributed by atoms with Crippen molar-refractivity contribution in [2.75, 3.05) is 19.8 Å². The van der Waals surface area contributed by atoms with Crippen molar-refractivity contribution >= 4 is 0 Å². The van der Waals surface area contributed by atoms with Crippen LogP contribution in [0.5, 0.6) is 11.5 Å². The zero-order valence-corrected chi connectivity index (χ0v) is 14.1. The van der Waals surface area contributed by atoms with E-state index in [1.165, 1.54) is 11.1 Å². The van der Waals surface area contributed by atoms with Crippen molar-refractivity contribution < 1.29 is 14.6 Å². The molecular formula is C20H25NO3. The number of ether oxygens (including phenoxy) is 2. The molecule has 1 unspecified atom stereocenters. The molecule has 128 valence electrons. The average Bonchev–Trinajstić information content (AvgIpc) is 2.65. The fourth-order valence-electron chi connectivity index (χ4n) is 3.13. The Balaban J connectivity index is 1.80. The predicted octanol–water partition coefficient (Wildman–Crippen LogP) is 3.62. The first-order valence-corrected chi connectivity index (χ1v) is 8.63. The molecule has 0 radical (unpaired) electrons. The first kappa shape index (κ1) is 16.8. The van der Waals surface area contributed by atoms with E-state index < -0.39 is 0 Å². The second kappa shape index (κ2) is 8.18. The van der Waals surface area contributed by atoms with Gasteiger partial charge in [-0.25, -0.2) is 0 Å². The Bertz CT molecular complexity index is 645. The molecule has 0 bridgehead atoms. The van der Waals surface area contributed by atoms with Gasteiger partial charge in [-0.15, -0.1) is 0 Å². The maximum absolute atomic E-state index is 9.44. The second-order valence-electron chi connectivity index (χ2n) is 6.01. The molecule has 2 aromatic carbocycles. The molecule has 4 heteroatoms. The molecule has 24 heavy (non-hydrogen) atoms. The van der Waals surface area contributed by atoms with Gasteiger partial charge in [-0.2, -0.15) is 0 Å². The highest BCUT2D eigenvalue weighted by atomic mass is 16.6. The average molecular weight is 327 g/mol. The van der Waals surface area contributed by atoms with Crippen LogP contribution in [0, 0.1) is 0 Å². The van der Waals surface area contributed by atoms with E-state index in [0.717, 1.165) is 17.9 Å². The molecule has 2 atom stereocenters. The molecule has 0 saturated heterocycles. The summed E-state index contributed by atoms with van der Waals surface area (Å²) in [5.41, 5.74) is 2.38. The summed E-state index contributed by atoms with van der Waals surface area (Å²) in [6.07, 6.45) is 1.64. The highest BCUT2D eigenvalue weighted by Gasteiger charge is 2.19. The van der Waals surface area contributed by atoms with Gasteiger partial charge in [0.1, 0.15) is 13.2 Å². The topological polar surface area (TPSA) is 50.7 Å². The van der Waals surface area contributed by atoms with Gasteiger partial charge in [0.25, 0.3) is 0 Å². The third kappa shape index (κ3) is 3.89. The number of nitrogens with one attached hydrogen (secondary N) is 1. The van der Waals surface area contributed by atoms with Crippen LogP contribution in [0.3, 0.4) is 0 Å². The molecule has 2 N–H and O–H groups in total. The van der Waals surface area contributed by atoms with Crippen LogP contribution in [0.2, 0.25) is 0 Å². The third-order valence-electron chi connectivity index (χ3n) is 4.40. The lowest BCUT2D eigenvalue weighted by Crippen LogP contribution is -2.27. The Kier molecular flexibility index (Phi) is 5.72. The fourth-order valence-corrected chi connectivity index (χ4v) is 3.13. The number of hydrogen-bond acceptors (Lipinski definition) is 4. The SMILES string of the molecule is CCC(N[C@H](CCO)c1ccccc1)c1ccc2c(c1)OCCO2. The molecule has 0 aliphatic carbocycles. The second-order valence-corrected chi connectivity index (χ2v) is 6.01. The highest BCUT2D eigenvalue weighted by molar-refractivity contribution is 5.44. The molecule has 0 spiro atoms. The quantitative estimate of drug-likeness (QED) is 0.815. The molecule has 1 aliphatic rings. The summed E-state index contributed by atoms with van der Waals surface area (Å²) in [6, 6.07) is 16.7. The Hall–Kier alpha value is -2.04. The van der Waals surface area contributed by atoms with Crippen molar-refractivity contribution in [3.8, 4) is 11.5 Å². The third-order valence-corrected chi connectivity index (χ3v) is 4.40. The molecule has 3 rings (SSSR count). The molecule has 0 aromatic heterocycles. The van der Waals surface area contributed by atoms with Gasteiger partial charge in [0.05, 0.1) is 0 Å². The Labute approximate surface area is 143 Å². The Morgan fingerprint density at radius 3 is 2.42 bits per heavy atom. The minimum absolute atomic E-state index is 0.120. The zero-order chi connectivity index (χ0) is 16.8. The summed E-state index contributed by atoms with van der Waals surface area (Å²) < 4.78 is 11.3. The van der Waals surface area contributed by atoms with E-state index in [1.807, 2.05) is 24.3 Å². The first-order chi connectivity index (χ1) is 11.8. The molecule has 1 heterocycles. The van der Waals surface area contributed by atoms with E-state index in [4.69, 9.17) is 9.47 Å². The van der Waals surface area contributed by atoms with Gasteiger partial charge < -0.3 is 19.9 Å². The molecule has 2 aromatic rings. The van der Waals surface area contributed by atoms with Crippen LogP contribution in [0.15, 0.2) is 48.5 Å². The first-order valence-electron chi connectivity index (χ1n) is 8.63. The predicted molar refractivity (Wildman–Crippen MR) is 94.5 cm³/mol. The lowest BCUT2D eigenvalue weighted by molar-refractivity contribution is 0.171. The van der Waals surface area contributed by atoms with E-state index in [-0.39, 0.29) is 18.7 Å². The summed E-state index contributed by atoms with van der Waals surface area (Å²) in [7, 11) is 0. The van der Waals surface area contributed by atoms with Crippen LogP contribution < -0.4 is 14.8 Å². The summed E-state index contributed by atoms with van der Waals surface area (Å²) in [6.45, 7) is 3.52. The Morgan fingerprint density at radius 2 is 1.71 bits per heavy atom. The van der Waals surface area contributed by atoms with E-state index in [9.17, 15) is 5.11 Å². The summed E-state index contributed by atoms with van der Waals surface area (Å²) in [5.74, 6) is 1.63. The van der Waals surface area contributed by atoms with Gasteiger partial charge in [-0.1, -0.05) is 43.3 Å². The normalized spacial score (nSPS) is 15.8. The number of aliphatic hydroxyl groups is 1. The number of aliphatic hydroxyl groups excluding tert-OH is 1. The van der Waals surface area contributed by atoms with Crippen LogP contribution in [0.25, 0.3) is 0 Å². The maximum Gasteiger partial charge on any atom is 0.161 e. The fraction of sp³-hybridized carbons (Fsp3) is 0.400. The van der Waals surface area contributed by atoms with Crippen LogP contribution in [0.4, 0.5) is 0 Å². The monoisotopic (exact) mass is 327 g/mol. The van der Waals surface area contributed by atoms with Gasteiger partial charge in [-0.05, 0) is 36.1 Å². The van der Waals surface area contributed by atoms with Crippen molar-refractivity contribution in [2.45, 2.75) is 31.8 Å². The van der Waals surface area contributed by atoms with Gasteiger partial charge in [0.15, 0.2) is 11.5 Å². The summed E-state index contributed by atoms with van der Waals surface area (Å²) in [5, 5.41) is 13.1. The standard InChI is InChI=1S/C20H25NO3/c1-2-17(16-8-9-19-20(14-16)24-13-12-23-19)21-18(10-11-22)15-6-4-3-5-7-15/h3-9,14,17-18,21-22H,2,10-13H2,1H3/t17?,18-/m1/s1. The van der Waals surface area contributed by atoms with E-state index in [2.05, 4.69) is 36.5 Å². The van der Waals surface area contributed by atoms with Crippen LogP contribution in [-0.2, 0) is 0 Å². The molecular weight excluding hydrogens is 302 g/mol. The van der Waals surface area contributed by atoms with E-state index >= 15 is 0 Å². The molecule has 0 amide bonds. The lowest BCUT2D eigenvalue weighted by atomic mass is 9.98. The van der Waals surface area contributed by atoms with Gasteiger partial charge in [-0.3, -0.25) is 0 Å². The smallest absolute Gasteiger partial charge is 0.161 e. The number of benzene rings is 2. The highest BCUT2D eigenvalue weighted by Crippen LogP contribution is 2.34. The van der Waals surface area contributed by atoms with Crippen molar-refractivity contribution in [1.29, 1.82) is 0 Å². The van der Waals surface area contributed by atoms with Gasteiger partial charge >= 0.3 is 0 Å². The number of hydrogen-bond donors (Lipinski definition) is 2. The molecule has 4 nitrogen and oxygen atoms in total. The number of rotatable bonds is 7. The van der Waals surface area contributed by atoms with Crippen molar-refractivity contribution in [3.63, 3.8) is 0 Å². The summed E-state index contributed by atoms with van der Waals surface area (Å²) >= 11 is 0. The van der Waals surface area contributed by atoms with Crippen molar-refractivity contribution in [2.24, 2.45) is 0 Å². The zero-order valence-electron chi connectivity index (χ0n) is 14.1. The lowest BCUT2D eigenvalue weighted by Gasteiger charge is -2.27. The van der Waals surface area contributed by atoms with Gasteiger partial charge in [0.2, 0.25) is 0 Å². The number of fused-ring (bicyclic) bond motifs is 1. The Morgan fingerprint density at radius 1 is 0.958 bits per heavy atom. The van der Waals surface area contributed by atoms with Crippen molar-refractivity contribution in [3.05, 3.63) is 59.7 Å². The minimum Gasteiger partial charge on any atom is -0.486 e. The van der Waals surface area contributed by atoms with Crippen LogP contribution in [0.1, 0.15) is 43.0 Å².